The molecule has 2 N–H and O–H groups in total. The molecule has 4 heteroatoms. The highest BCUT2D eigenvalue weighted by Gasteiger charge is 2.42. The number of carboxylic acids is 1. The van der Waals surface area contributed by atoms with Crippen LogP contribution in [0.1, 0.15) is 45.4 Å². The Morgan fingerprint density at radius 3 is 2.53 bits per heavy atom. The first-order valence-corrected chi connectivity index (χ1v) is 6.22. The molecule has 0 radical (unpaired) electrons. The molecule has 4 nitrogen and oxygen atoms in total. The van der Waals surface area contributed by atoms with Crippen LogP contribution in [0.4, 0.5) is 0 Å². The largest absolute Gasteiger partial charge is 0.481 e. The molecule has 0 aromatic heterocycles. The number of allylic oxidation sites excluding steroid dienone is 1. The summed E-state index contributed by atoms with van der Waals surface area (Å²) in [4.78, 5) is 22.9. The van der Waals surface area contributed by atoms with Crippen molar-refractivity contribution in [2.24, 2.45) is 5.41 Å². The zero-order valence-electron chi connectivity index (χ0n) is 10.4. The van der Waals surface area contributed by atoms with Gasteiger partial charge in [0, 0.05) is 13.0 Å². The maximum absolute atomic E-state index is 11.7. The topological polar surface area (TPSA) is 66.4 Å². The van der Waals surface area contributed by atoms with Crippen LogP contribution in [-0.4, -0.2) is 23.5 Å². The molecule has 1 aliphatic rings. The molecule has 17 heavy (non-hydrogen) atoms. The SMILES string of the molecule is C/C=C/CCNC(=O)CC1(C(=O)O)CCCC1. The van der Waals surface area contributed by atoms with Crippen LogP contribution in [0.5, 0.6) is 0 Å². The van der Waals surface area contributed by atoms with Crippen LogP contribution in [0.25, 0.3) is 0 Å². The maximum atomic E-state index is 11.7. The van der Waals surface area contributed by atoms with Crippen LogP contribution < -0.4 is 5.32 Å². The van der Waals surface area contributed by atoms with E-state index in [2.05, 4.69) is 5.32 Å². The van der Waals surface area contributed by atoms with E-state index in [1.54, 1.807) is 0 Å². The lowest BCUT2D eigenvalue weighted by Gasteiger charge is -2.22. The van der Waals surface area contributed by atoms with E-state index >= 15 is 0 Å². The number of carbonyl (C=O) groups excluding carboxylic acids is 1. The van der Waals surface area contributed by atoms with Gasteiger partial charge in [-0.2, -0.15) is 0 Å². The molecule has 1 amide bonds. The quantitative estimate of drug-likeness (QED) is 0.551. The lowest BCUT2D eigenvalue weighted by Crippen LogP contribution is -2.36. The van der Waals surface area contributed by atoms with Gasteiger partial charge in [0.1, 0.15) is 0 Å². The van der Waals surface area contributed by atoms with Crippen molar-refractivity contribution in [1.82, 2.24) is 5.32 Å². The van der Waals surface area contributed by atoms with Gasteiger partial charge in [0.2, 0.25) is 5.91 Å². The standard InChI is InChI=1S/C13H21NO3/c1-2-3-6-9-14-11(15)10-13(12(16)17)7-4-5-8-13/h2-3H,4-10H2,1H3,(H,14,15)(H,16,17)/b3-2+. The van der Waals surface area contributed by atoms with Crippen molar-refractivity contribution in [2.75, 3.05) is 6.54 Å². The van der Waals surface area contributed by atoms with E-state index in [1.807, 2.05) is 19.1 Å². The molecule has 0 atom stereocenters. The second kappa shape index (κ2) is 6.42. The van der Waals surface area contributed by atoms with Gasteiger partial charge in [-0.3, -0.25) is 9.59 Å². The molecule has 1 aliphatic carbocycles. The Kier molecular flexibility index (Phi) is 5.19. The smallest absolute Gasteiger partial charge is 0.310 e. The van der Waals surface area contributed by atoms with E-state index < -0.39 is 11.4 Å². The Labute approximate surface area is 102 Å². The predicted molar refractivity (Wildman–Crippen MR) is 65.6 cm³/mol. The van der Waals surface area contributed by atoms with Gasteiger partial charge in [0.05, 0.1) is 5.41 Å². The van der Waals surface area contributed by atoms with Gasteiger partial charge in [-0.15, -0.1) is 0 Å². The minimum atomic E-state index is -0.821. The molecule has 0 unspecified atom stereocenters. The average molecular weight is 239 g/mol. The lowest BCUT2D eigenvalue weighted by molar-refractivity contribution is -0.151. The van der Waals surface area contributed by atoms with Gasteiger partial charge in [0.15, 0.2) is 0 Å². The van der Waals surface area contributed by atoms with E-state index in [1.165, 1.54) is 0 Å². The fourth-order valence-corrected chi connectivity index (χ4v) is 2.35. The van der Waals surface area contributed by atoms with E-state index in [9.17, 15) is 14.7 Å². The minimum absolute atomic E-state index is 0.123. The average Bonchev–Trinajstić information content (AvgIpc) is 2.74. The summed E-state index contributed by atoms with van der Waals surface area (Å²) in [7, 11) is 0. The molecule has 1 fully saturated rings. The molecule has 96 valence electrons. The van der Waals surface area contributed by atoms with Crippen LogP contribution >= 0.6 is 0 Å². The zero-order chi connectivity index (χ0) is 12.7. The molecule has 0 saturated heterocycles. The third-order valence-corrected chi connectivity index (χ3v) is 3.38. The third-order valence-electron chi connectivity index (χ3n) is 3.38. The van der Waals surface area contributed by atoms with Crippen LogP contribution in [0.3, 0.4) is 0 Å². The molecule has 1 rings (SSSR count). The highest BCUT2D eigenvalue weighted by Crippen LogP contribution is 2.41. The van der Waals surface area contributed by atoms with Crippen LogP contribution in [-0.2, 0) is 9.59 Å². The van der Waals surface area contributed by atoms with E-state index in [0.29, 0.717) is 19.4 Å². The summed E-state index contributed by atoms with van der Waals surface area (Å²) in [5.74, 6) is -0.961. The van der Waals surface area contributed by atoms with Crippen LogP contribution in [0, 0.1) is 5.41 Å². The number of aliphatic carboxylic acids is 1. The summed E-state index contributed by atoms with van der Waals surface area (Å²) in [6, 6.07) is 0. The summed E-state index contributed by atoms with van der Waals surface area (Å²) in [6.45, 7) is 2.51. The molecule has 0 aliphatic heterocycles. The first-order valence-electron chi connectivity index (χ1n) is 6.22. The van der Waals surface area contributed by atoms with Gasteiger partial charge in [-0.25, -0.2) is 0 Å². The number of hydrogen-bond acceptors (Lipinski definition) is 2. The Hall–Kier alpha value is -1.32. The monoisotopic (exact) mass is 239 g/mol. The normalized spacial score (nSPS) is 18.4. The summed E-state index contributed by atoms with van der Waals surface area (Å²) < 4.78 is 0. The third kappa shape index (κ3) is 3.88. The number of hydrogen-bond donors (Lipinski definition) is 2. The molecular weight excluding hydrogens is 218 g/mol. The first kappa shape index (κ1) is 13.7. The second-order valence-corrected chi connectivity index (χ2v) is 4.68. The van der Waals surface area contributed by atoms with Crippen molar-refractivity contribution >= 4 is 11.9 Å². The fraction of sp³-hybridized carbons (Fsp3) is 0.692. The van der Waals surface area contributed by atoms with Crippen LogP contribution in [0.15, 0.2) is 12.2 Å². The van der Waals surface area contributed by atoms with Gasteiger partial charge in [-0.05, 0) is 26.2 Å². The molecule has 1 saturated carbocycles. The van der Waals surface area contributed by atoms with Crippen LogP contribution in [0.2, 0.25) is 0 Å². The molecule has 0 spiro atoms. The number of nitrogens with one attached hydrogen (secondary N) is 1. The van der Waals surface area contributed by atoms with E-state index in [-0.39, 0.29) is 12.3 Å². The number of carboxylic acid groups (broad SMARTS) is 1. The van der Waals surface area contributed by atoms with Gasteiger partial charge < -0.3 is 10.4 Å². The van der Waals surface area contributed by atoms with Gasteiger partial charge in [-0.1, -0.05) is 25.0 Å². The summed E-state index contributed by atoms with van der Waals surface area (Å²) in [5.41, 5.74) is -0.801. The van der Waals surface area contributed by atoms with E-state index in [0.717, 1.165) is 19.3 Å². The van der Waals surface area contributed by atoms with Gasteiger partial charge in [0.25, 0.3) is 0 Å². The Morgan fingerprint density at radius 1 is 1.35 bits per heavy atom. The number of rotatable bonds is 6. The Morgan fingerprint density at radius 2 is 2.00 bits per heavy atom. The number of amides is 1. The first-order chi connectivity index (χ1) is 8.10. The lowest BCUT2D eigenvalue weighted by atomic mass is 9.82. The zero-order valence-corrected chi connectivity index (χ0v) is 10.4. The fourth-order valence-electron chi connectivity index (χ4n) is 2.35. The van der Waals surface area contributed by atoms with Crippen molar-refractivity contribution in [3.8, 4) is 0 Å². The summed E-state index contributed by atoms with van der Waals surface area (Å²) in [6.07, 6.45) is 7.91. The molecular formula is C13H21NO3. The molecule has 0 heterocycles. The van der Waals surface area contributed by atoms with Crippen molar-refractivity contribution < 1.29 is 14.7 Å². The predicted octanol–water partition coefficient (Wildman–Crippen LogP) is 2.10. The molecule has 0 bridgehead atoms. The van der Waals surface area contributed by atoms with Crippen molar-refractivity contribution in [1.29, 1.82) is 0 Å². The highest BCUT2D eigenvalue weighted by atomic mass is 16.4. The van der Waals surface area contributed by atoms with Crippen molar-refractivity contribution in [2.45, 2.75) is 45.4 Å². The minimum Gasteiger partial charge on any atom is -0.481 e. The van der Waals surface area contributed by atoms with E-state index in [4.69, 9.17) is 0 Å². The second-order valence-electron chi connectivity index (χ2n) is 4.68. The highest BCUT2D eigenvalue weighted by molar-refractivity contribution is 5.85. The molecule has 0 aromatic rings. The Bertz CT molecular complexity index is 304. The van der Waals surface area contributed by atoms with Crippen molar-refractivity contribution in [3.63, 3.8) is 0 Å². The van der Waals surface area contributed by atoms with Gasteiger partial charge >= 0.3 is 5.97 Å². The van der Waals surface area contributed by atoms with Crippen molar-refractivity contribution in [3.05, 3.63) is 12.2 Å². The summed E-state index contributed by atoms with van der Waals surface area (Å²) >= 11 is 0. The Balaban J connectivity index is 2.40. The number of carbonyl (C=O) groups is 2. The maximum Gasteiger partial charge on any atom is 0.310 e. The molecule has 0 aromatic carbocycles. The summed E-state index contributed by atoms with van der Waals surface area (Å²) in [5, 5.41) is 12.0.